The number of hydrogen-bond donors (Lipinski definition) is 1. The van der Waals surface area contributed by atoms with Crippen molar-refractivity contribution in [2.24, 2.45) is 0 Å². The molecule has 1 amide bonds. The van der Waals surface area contributed by atoms with E-state index in [1.54, 1.807) is 0 Å². The van der Waals surface area contributed by atoms with E-state index in [-0.39, 0.29) is 18.4 Å². The van der Waals surface area contributed by atoms with Gasteiger partial charge >= 0.3 is 0 Å². The number of nitrogens with zero attached hydrogens (tertiary/aromatic N) is 1. The molecule has 0 radical (unpaired) electrons. The van der Waals surface area contributed by atoms with Gasteiger partial charge in [0.25, 0.3) is 5.91 Å². The summed E-state index contributed by atoms with van der Waals surface area (Å²) < 4.78 is 12.6. The van der Waals surface area contributed by atoms with Gasteiger partial charge in [0.2, 0.25) is 6.29 Å². The van der Waals surface area contributed by atoms with Crippen LogP contribution in [0.5, 0.6) is 0 Å². The van der Waals surface area contributed by atoms with E-state index in [1.165, 1.54) is 47.1 Å². The monoisotopic (exact) mass is 523 g/mol. The van der Waals surface area contributed by atoms with Crippen LogP contribution in [0.3, 0.4) is 0 Å². The number of aliphatic hydroxyl groups excluding tert-OH is 1. The fourth-order valence-electron chi connectivity index (χ4n) is 6.19. The number of benzene rings is 3. The average Bonchev–Trinajstić information content (AvgIpc) is 3.35. The van der Waals surface area contributed by atoms with Crippen molar-refractivity contribution in [2.75, 3.05) is 13.1 Å². The van der Waals surface area contributed by atoms with Gasteiger partial charge in [-0.2, -0.15) is 0 Å². The van der Waals surface area contributed by atoms with Crippen LogP contribution in [0.15, 0.2) is 78.6 Å². The van der Waals surface area contributed by atoms with Crippen LogP contribution in [0.25, 0.3) is 11.1 Å². The molecule has 3 aliphatic rings. The maximum absolute atomic E-state index is 13.8. The molecule has 3 aromatic rings. The Hall–Kier alpha value is -3.41. The summed E-state index contributed by atoms with van der Waals surface area (Å²) in [5, 5.41) is 9.35. The minimum Gasteiger partial charge on any atom is -0.459 e. The Bertz CT molecular complexity index is 1340. The molecule has 0 spiro atoms. The molecule has 202 valence electrons. The van der Waals surface area contributed by atoms with Crippen LogP contribution in [0.1, 0.15) is 72.3 Å². The summed E-state index contributed by atoms with van der Waals surface area (Å²) in [6, 6.07) is 22.9. The van der Waals surface area contributed by atoms with E-state index in [4.69, 9.17) is 9.47 Å². The van der Waals surface area contributed by atoms with E-state index in [0.717, 1.165) is 43.5 Å². The molecule has 2 aliphatic heterocycles. The molecule has 1 saturated heterocycles. The maximum Gasteiger partial charge on any atom is 0.288 e. The highest BCUT2D eigenvalue weighted by Gasteiger charge is 2.33. The largest absolute Gasteiger partial charge is 0.459 e. The highest BCUT2D eigenvalue weighted by Crippen LogP contribution is 2.43. The normalized spacial score (nSPS) is 20.7. The smallest absolute Gasteiger partial charge is 0.288 e. The molecular formula is C34H37NO4. The molecule has 2 atom stereocenters. The second-order valence-electron chi connectivity index (χ2n) is 11.0. The maximum atomic E-state index is 13.8. The van der Waals surface area contributed by atoms with Gasteiger partial charge in [-0.05, 0) is 64.3 Å². The van der Waals surface area contributed by atoms with E-state index in [1.807, 2.05) is 29.2 Å². The molecule has 0 unspecified atom stereocenters. The first kappa shape index (κ1) is 25.8. The topological polar surface area (TPSA) is 59.0 Å². The zero-order valence-corrected chi connectivity index (χ0v) is 22.5. The average molecular weight is 524 g/mol. The summed E-state index contributed by atoms with van der Waals surface area (Å²) in [5.74, 6) is 0.428. The minimum atomic E-state index is -0.522. The van der Waals surface area contributed by atoms with Crippen LogP contribution in [0.4, 0.5) is 0 Å². The summed E-state index contributed by atoms with van der Waals surface area (Å²) in [4.78, 5) is 15.7. The van der Waals surface area contributed by atoms with Crippen molar-refractivity contribution in [1.82, 2.24) is 4.90 Å². The summed E-state index contributed by atoms with van der Waals surface area (Å²) in [7, 11) is 0. The minimum absolute atomic E-state index is 0.0154. The van der Waals surface area contributed by atoms with Crippen LogP contribution in [-0.2, 0) is 33.9 Å². The first-order chi connectivity index (χ1) is 19.2. The van der Waals surface area contributed by atoms with Crippen LogP contribution >= 0.6 is 0 Å². The van der Waals surface area contributed by atoms with Gasteiger partial charge in [0, 0.05) is 25.4 Å². The van der Waals surface area contributed by atoms with Crippen LogP contribution in [0.2, 0.25) is 0 Å². The standard InChI is InChI=1S/C34H37NO4/c36-22-24-13-15-25(16-14-24)23-38-33-21-27(20-32(39-33)34(37)35-17-6-2-1-3-7-18-35)29-11-8-12-30-28-10-5-4-9-26(28)19-31(29)30/h4-5,8-16,20,27,33,36H,1-3,6-7,17-19,21-23H2/t27-,33+/m0/s1. The molecular weight excluding hydrogens is 486 g/mol. The first-order valence-corrected chi connectivity index (χ1v) is 14.4. The summed E-state index contributed by atoms with van der Waals surface area (Å²) in [6.07, 6.45) is 8.76. The molecule has 1 N–H and O–H groups in total. The molecule has 2 heterocycles. The Morgan fingerprint density at radius 2 is 1.59 bits per heavy atom. The zero-order valence-electron chi connectivity index (χ0n) is 22.5. The number of hydrogen-bond acceptors (Lipinski definition) is 4. The Morgan fingerprint density at radius 3 is 2.38 bits per heavy atom. The first-order valence-electron chi connectivity index (χ1n) is 14.4. The van der Waals surface area contributed by atoms with Crippen molar-refractivity contribution in [3.05, 3.63) is 106 Å². The summed E-state index contributed by atoms with van der Waals surface area (Å²) in [6.45, 7) is 1.96. The Balaban J connectivity index is 1.28. The number of carbonyl (C=O) groups is 1. The fraction of sp³-hybridized carbons (Fsp3) is 0.382. The second kappa shape index (κ2) is 11.8. The number of carbonyl (C=O) groups excluding carboxylic acids is 1. The van der Waals surface area contributed by atoms with Crippen LogP contribution < -0.4 is 0 Å². The lowest BCUT2D eigenvalue weighted by atomic mass is 9.87. The molecule has 1 fully saturated rings. The van der Waals surface area contributed by atoms with Crippen molar-refractivity contribution in [1.29, 1.82) is 0 Å². The number of aliphatic hydroxyl groups is 1. The van der Waals surface area contributed by atoms with Gasteiger partial charge < -0.3 is 19.5 Å². The predicted octanol–water partition coefficient (Wildman–Crippen LogP) is 6.47. The van der Waals surface area contributed by atoms with Gasteiger partial charge in [-0.3, -0.25) is 4.79 Å². The van der Waals surface area contributed by atoms with Crippen LogP contribution in [0, 0.1) is 0 Å². The summed E-state index contributed by atoms with van der Waals surface area (Å²) >= 11 is 0. The second-order valence-corrected chi connectivity index (χ2v) is 11.0. The predicted molar refractivity (Wildman–Crippen MR) is 152 cm³/mol. The number of allylic oxidation sites excluding steroid dienone is 1. The van der Waals surface area contributed by atoms with Crippen molar-refractivity contribution in [3.8, 4) is 11.1 Å². The Labute approximate surface area is 231 Å². The number of amides is 1. The third kappa shape index (κ3) is 5.66. The van der Waals surface area contributed by atoms with Crippen molar-refractivity contribution >= 4 is 5.91 Å². The SMILES string of the molecule is O=C(C1=C[C@H](c2cccc3c2Cc2ccccc2-3)C[C@H](OCc2ccc(CO)cc2)O1)N1CCCCCCC1. The fourth-order valence-corrected chi connectivity index (χ4v) is 6.19. The number of rotatable bonds is 6. The van der Waals surface area contributed by atoms with Crippen molar-refractivity contribution in [2.45, 2.75) is 70.4 Å². The van der Waals surface area contributed by atoms with Crippen LogP contribution in [-0.4, -0.2) is 35.3 Å². The molecule has 0 aromatic heterocycles. The molecule has 3 aromatic carbocycles. The molecule has 0 bridgehead atoms. The van der Waals surface area contributed by atoms with E-state index in [9.17, 15) is 9.90 Å². The highest BCUT2D eigenvalue weighted by molar-refractivity contribution is 5.92. The molecule has 39 heavy (non-hydrogen) atoms. The van der Waals surface area contributed by atoms with E-state index in [2.05, 4.69) is 48.5 Å². The number of likely N-dealkylation sites (tertiary alicyclic amines) is 1. The Morgan fingerprint density at radius 1 is 0.872 bits per heavy atom. The third-order valence-electron chi connectivity index (χ3n) is 8.34. The van der Waals surface area contributed by atoms with Crippen molar-refractivity contribution < 1.29 is 19.4 Å². The molecule has 0 saturated carbocycles. The van der Waals surface area contributed by atoms with Gasteiger partial charge in [-0.1, -0.05) is 86.0 Å². The zero-order chi connectivity index (χ0) is 26.6. The number of ether oxygens (including phenoxy) is 2. The number of fused-ring (bicyclic) bond motifs is 3. The quantitative estimate of drug-likeness (QED) is 0.315. The van der Waals surface area contributed by atoms with Gasteiger partial charge in [-0.25, -0.2) is 0 Å². The Kier molecular flexibility index (Phi) is 7.80. The third-order valence-corrected chi connectivity index (χ3v) is 8.34. The highest BCUT2D eigenvalue weighted by atomic mass is 16.7. The molecule has 6 rings (SSSR count). The lowest BCUT2D eigenvalue weighted by molar-refractivity contribution is -0.156. The van der Waals surface area contributed by atoms with Gasteiger partial charge in [0.15, 0.2) is 5.76 Å². The lowest BCUT2D eigenvalue weighted by Gasteiger charge is -2.33. The van der Waals surface area contributed by atoms with Gasteiger partial charge in [0.1, 0.15) is 0 Å². The van der Waals surface area contributed by atoms with E-state index >= 15 is 0 Å². The van der Waals surface area contributed by atoms with Gasteiger partial charge in [0.05, 0.1) is 13.2 Å². The van der Waals surface area contributed by atoms with E-state index < -0.39 is 6.29 Å². The lowest BCUT2D eigenvalue weighted by Crippen LogP contribution is -2.38. The molecule has 1 aliphatic carbocycles. The van der Waals surface area contributed by atoms with Crippen molar-refractivity contribution in [3.63, 3.8) is 0 Å². The van der Waals surface area contributed by atoms with E-state index in [0.29, 0.717) is 18.8 Å². The molecule has 5 nitrogen and oxygen atoms in total. The summed E-state index contributed by atoms with van der Waals surface area (Å²) in [5.41, 5.74) is 8.43. The molecule has 5 heteroatoms. The van der Waals surface area contributed by atoms with Gasteiger partial charge in [-0.15, -0.1) is 0 Å².